The second kappa shape index (κ2) is 4.75. The topological polar surface area (TPSA) is 15.3 Å². The Labute approximate surface area is 102 Å². The second-order valence-electron chi connectivity index (χ2n) is 5.14. The maximum Gasteiger partial charge on any atom is 0.123 e. The van der Waals surface area contributed by atoms with Crippen LogP contribution in [0.3, 0.4) is 0 Å². The molecule has 0 amide bonds. The van der Waals surface area contributed by atoms with E-state index in [0.29, 0.717) is 5.92 Å². The summed E-state index contributed by atoms with van der Waals surface area (Å²) in [6.45, 7) is 5.32. The first kappa shape index (κ1) is 11.2. The number of hydrogen-bond donors (Lipinski definition) is 1. The molecule has 0 spiro atoms. The molecule has 17 heavy (non-hydrogen) atoms. The fourth-order valence-electron chi connectivity index (χ4n) is 2.59. The Hall–Kier alpha value is -0.930. The number of benzene rings is 1. The van der Waals surface area contributed by atoms with Crippen molar-refractivity contribution in [2.45, 2.75) is 25.3 Å². The highest BCUT2D eigenvalue weighted by molar-refractivity contribution is 5.33. The molecule has 2 fully saturated rings. The van der Waals surface area contributed by atoms with Gasteiger partial charge in [-0.2, -0.15) is 0 Å². The highest BCUT2D eigenvalue weighted by Crippen LogP contribution is 2.42. The van der Waals surface area contributed by atoms with Gasteiger partial charge < -0.3 is 5.32 Å². The first-order chi connectivity index (χ1) is 8.33. The van der Waals surface area contributed by atoms with Gasteiger partial charge in [-0.1, -0.05) is 6.07 Å². The molecule has 0 radical (unpaired) electrons. The van der Waals surface area contributed by atoms with Crippen molar-refractivity contribution >= 4 is 0 Å². The van der Waals surface area contributed by atoms with E-state index in [2.05, 4.69) is 10.2 Å². The molecule has 1 N–H and O–H groups in total. The molecule has 0 unspecified atom stereocenters. The molecule has 92 valence electrons. The molecule has 0 aromatic heterocycles. The fourth-order valence-corrected chi connectivity index (χ4v) is 2.59. The van der Waals surface area contributed by atoms with Crippen molar-refractivity contribution in [1.29, 1.82) is 0 Å². The zero-order chi connectivity index (χ0) is 11.7. The van der Waals surface area contributed by atoms with Gasteiger partial charge in [0, 0.05) is 32.7 Å². The summed E-state index contributed by atoms with van der Waals surface area (Å²) in [6.07, 6.45) is 2.47. The summed E-state index contributed by atoms with van der Waals surface area (Å²) >= 11 is 0. The van der Waals surface area contributed by atoms with Crippen molar-refractivity contribution in [3.63, 3.8) is 0 Å². The Morgan fingerprint density at radius 2 is 2.00 bits per heavy atom. The molecule has 1 heterocycles. The Balaban J connectivity index is 1.76. The van der Waals surface area contributed by atoms with Crippen LogP contribution in [0.5, 0.6) is 0 Å². The molecule has 1 aliphatic carbocycles. The Morgan fingerprint density at radius 3 is 2.71 bits per heavy atom. The molecule has 1 aromatic carbocycles. The SMILES string of the molecule is Fc1ccc(CN2CCNCC2)c(C2CC2)c1. The minimum atomic E-state index is -0.0871. The third-order valence-electron chi connectivity index (χ3n) is 3.73. The first-order valence-electron chi connectivity index (χ1n) is 6.54. The van der Waals surface area contributed by atoms with Crippen molar-refractivity contribution in [1.82, 2.24) is 10.2 Å². The smallest absolute Gasteiger partial charge is 0.123 e. The molecule has 1 aromatic rings. The van der Waals surface area contributed by atoms with Gasteiger partial charge in [-0.3, -0.25) is 4.90 Å². The van der Waals surface area contributed by atoms with Gasteiger partial charge in [-0.25, -0.2) is 4.39 Å². The van der Waals surface area contributed by atoms with Crippen LogP contribution in [0.15, 0.2) is 18.2 Å². The lowest BCUT2D eigenvalue weighted by molar-refractivity contribution is 0.232. The van der Waals surface area contributed by atoms with Gasteiger partial charge in [0.15, 0.2) is 0 Å². The van der Waals surface area contributed by atoms with Crippen LogP contribution >= 0.6 is 0 Å². The zero-order valence-corrected chi connectivity index (χ0v) is 10.1. The number of halogens is 1. The molecule has 2 aliphatic rings. The largest absolute Gasteiger partial charge is 0.314 e. The predicted molar refractivity (Wildman–Crippen MR) is 66.5 cm³/mol. The van der Waals surface area contributed by atoms with Crippen molar-refractivity contribution < 1.29 is 4.39 Å². The van der Waals surface area contributed by atoms with E-state index in [-0.39, 0.29) is 5.82 Å². The zero-order valence-electron chi connectivity index (χ0n) is 10.1. The van der Waals surface area contributed by atoms with Gasteiger partial charge >= 0.3 is 0 Å². The highest BCUT2D eigenvalue weighted by atomic mass is 19.1. The quantitative estimate of drug-likeness (QED) is 0.861. The molecule has 0 atom stereocenters. The third-order valence-corrected chi connectivity index (χ3v) is 3.73. The molecule has 2 nitrogen and oxygen atoms in total. The lowest BCUT2D eigenvalue weighted by atomic mass is 10.0. The summed E-state index contributed by atoms with van der Waals surface area (Å²) in [7, 11) is 0. The van der Waals surface area contributed by atoms with Gasteiger partial charge in [-0.15, -0.1) is 0 Å². The van der Waals surface area contributed by atoms with Gasteiger partial charge in [-0.05, 0) is 42.0 Å². The number of piperazine rings is 1. The van der Waals surface area contributed by atoms with Gasteiger partial charge in [0.25, 0.3) is 0 Å². The third kappa shape index (κ3) is 2.67. The normalized spacial score (nSPS) is 21.7. The van der Waals surface area contributed by atoms with Crippen molar-refractivity contribution in [2.24, 2.45) is 0 Å². The summed E-state index contributed by atoms with van der Waals surface area (Å²) in [5.74, 6) is 0.541. The monoisotopic (exact) mass is 234 g/mol. The molecule has 0 bridgehead atoms. The summed E-state index contributed by atoms with van der Waals surface area (Å²) in [5.41, 5.74) is 2.58. The maximum atomic E-state index is 13.3. The summed E-state index contributed by atoms with van der Waals surface area (Å²) in [6, 6.07) is 5.32. The van der Waals surface area contributed by atoms with E-state index in [0.717, 1.165) is 32.7 Å². The minimum Gasteiger partial charge on any atom is -0.314 e. The van der Waals surface area contributed by atoms with Crippen LogP contribution < -0.4 is 5.32 Å². The molecule has 1 aliphatic heterocycles. The van der Waals surface area contributed by atoms with Gasteiger partial charge in [0.05, 0.1) is 0 Å². The maximum absolute atomic E-state index is 13.3. The van der Waals surface area contributed by atoms with Crippen LogP contribution in [0.4, 0.5) is 4.39 Å². The lowest BCUT2D eigenvalue weighted by Gasteiger charge is -2.28. The van der Waals surface area contributed by atoms with E-state index in [1.54, 1.807) is 12.1 Å². The van der Waals surface area contributed by atoms with Gasteiger partial charge in [0.1, 0.15) is 5.82 Å². The average molecular weight is 234 g/mol. The van der Waals surface area contributed by atoms with Crippen LogP contribution in [-0.2, 0) is 6.54 Å². The molecular formula is C14H19FN2. The standard InChI is InChI=1S/C14H19FN2/c15-13-4-3-12(14(9-13)11-1-2-11)10-17-7-5-16-6-8-17/h3-4,9,11,16H,1-2,5-8,10H2. The van der Waals surface area contributed by atoms with Crippen molar-refractivity contribution in [3.05, 3.63) is 35.1 Å². The van der Waals surface area contributed by atoms with Crippen LogP contribution in [-0.4, -0.2) is 31.1 Å². The predicted octanol–water partition coefficient (Wildman–Crippen LogP) is 2.11. The van der Waals surface area contributed by atoms with Crippen molar-refractivity contribution in [3.8, 4) is 0 Å². The number of rotatable bonds is 3. The molecule has 1 saturated carbocycles. The minimum absolute atomic E-state index is 0.0871. The van der Waals surface area contributed by atoms with Crippen LogP contribution in [0.2, 0.25) is 0 Å². The van der Waals surface area contributed by atoms with Gasteiger partial charge in [0.2, 0.25) is 0 Å². The summed E-state index contributed by atoms with van der Waals surface area (Å²) in [5, 5.41) is 3.36. The summed E-state index contributed by atoms with van der Waals surface area (Å²) < 4.78 is 13.3. The lowest BCUT2D eigenvalue weighted by Crippen LogP contribution is -2.43. The fraction of sp³-hybridized carbons (Fsp3) is 0.571. The number of nitrogens with one attached hydrogen (secondary N) is 1. The summed E-state index contributed by atoms with van der Waals surface area (Å²) in [4.78, 5) is 2.45. The highest BCUT2D eigenvalue weighted by Gasteiger charge is 2.27. The Kier molecular flexibility index (Phi) is 3.12. The first-order valence-corrected chi connectivity index (χ1v) is 6.54. The number of hydrogen-bond acceptors (Lipinski definition) is 2. The molecule has 1 saturated heterocycles. The van der Waals surface area contributed by atoms with E-state index >= 15 is 0 Å². The van der Waals surface area contributed by atoms with E-state index in [1.807, 2.05) is 6.07 Å². The Morgan fingerprint density at radius 1 is 1.24 bits per heavy atom. The molecular weight excluding hydrogens is 215 g/mol. The molecule has 3 rings (SSSR count). The van der Waals surface area contributed by atoms with Crippen LogP contribution in [0.25, 0.3) is 0 Å². The van der Waals surface area contributed by atoms with E-state index < -0.39 is 0 Å². The average Bonchev–Trinajstić information content (AvgIpc) is 3.17. The second-order valence-corrected chi connectivity index (χ2v) is 5.14. The molecule has 3 heteroatoms. The Bertz CT molecular complexity index is 395. The van der Waals surface area contributed by atoms with Crippen molar-refractivity contribution in [2.75, 3.05) is 26.2 Å². The van der Waals surface area contributed by atoms with E-state index in [4.69, 9.17) is 0 Å². The van der Waals surface area contributed by atoms with E-state index in [9.17, 15) is 4.39 Å². The van der Waals surface area contributed by atoms with Crippen LogP contribution in [0.1, 0.15) is 29.9 Å². The van der Waals surface area contributed by atoms with E-state index in [1.165, 1.54) is 24.0 Å². The number of nitrogens with zero attached hydrogens (tertiary/aromatic N) is 1. The van der Waals surface area contributed by atoms with Crippen LogP contribution in [0, 0.1) is 5.82 Å².